The Morgan fingerprint density at radius 2 is 0.923 bits per heavy atom. The van der Waals surface area contributed by atoms with Gasteiger partial charge in [-0.05, 0) is 51.4 Å². The fourth-order valence-corrected chi connectivity index (χ4v) is 8.75. The Kier molecular flexibility index (Phi) is 41.6. The zero-order valence-electron chi connectivity index (χ0n) is 41.7. The number of unbranched alkanes of at least 4 members (excludes halogenated alkanes) is 30. The van der Waals surface area contributed by atoms with Crippen LogP contribution in [-0.4, -0.2) is 110 Å². The molecule has 0 aliphatic carbocycles. The summed E-state index contributed by atoms with van der Waals surface area (Å²) in [5.41, 5.74) is 0. The molecule has 11 heteroatoms. The number of carbonyl (C=O) groups excluding carboxylic acids is 1. The van der Waals surface area contributed by atoms with E-state index in [4.69, 9.17) is 9.47 Å². The lowest BCUT2D eigenvalue weighted by atomic mass is 9.98. The standard InChI is InChI=1S/C54H103NO10/c1-3-5-7-9-11-13-14-15-16-17-18-19-20-21-22-23-24-25-26-27-28-29-30-31-32-33-34-36-37-39-41-46(57)49(59)45(44-64-54-52(62)51(61)50(60)48(43-56)65-54)55-53(63)47(58)42-40-38-35-12-10-8-6-4-2/h30-31,34,36,45-52,54,56-62H,3-29,32-33,35,37-44H2,1-2H3,(H,55,63)/b31-30+,36-34+. The molecule has 0 bridgehead atoms. The van der Waals surface area contributed by atoms with Gasteiger partial charge in [-0.3, -0.25) is 4.79 Å². The maximum Gasteiger partial charge on any atom is 0.249 e. The van der Waals surface area contributed by atoms with Crippen molar-refractivity contribution < 1.29 is 50.0 Å². The lowest BCUT2D eigenvalue weighted by Gasteiger charge is -2.40. The van der Waals surface area contributed by atoms with Crippen LogP contribution in [0.1, 0.15) is 245 Å². The van der Waals surface area contributed by atoms with Crippen LogP contribution in [0.4, 0.5) is 0 Å². The first-order chi connectivity index (χ1) is 31.7. The second kappa shape index (κ2) is 43.8. The summed E-state index contributed by atoms with van der Waals surface area (Å²) in [6.45, 7) is 3.39. The first kappa shape index (κ1) is 61.6. The van der Waals surface area contributed by atoms with Gasteiger partial charge in [0.25, 0.3) is 0 Å². The lowest BCUT2D eigenvalue weighted by molar-refractivity contribution is -0.303. The topological polar surface area (TPSA) is 189 Å². The predicted molar refractivity (Wildman–Crippen MR) is 266 cm³/mol. The zero-order valence-corrected chi connectivity index (χ0v) is 41.7. The summed E-state index contributed by atoms with van der Waals surface area (Å²) >= 11 is 0. The molecular weight excluding hydrogens is 823 g/mol. The number of hydrogen-bond donors (Lipinski definition) is 8. The number of allylic oxidation sites excluding steroid dienone is 4. The molecule has 1 rings (SSSR count). The second-order valence-corrected chi connectivity index (χ2v) is 19.3. The largest absolute Gasteiger partial charge is 0.394 e. The van der Waals surface area contributed by atoms with E-state index in [-0.39, 0.29) is 12.8 Å². The maximum absolute atomic E-state index is 13.0. The molecule has 1 amide bonds. The average molecular weight is 926 g/mol. The minimum absolute atomic E-state index is 0.248. The van der Waals surface area contributed by atoms with Gasteiger partial charge in [0.1, 0.15) is 36.6 Å². The van der Waals surface area contributed by atoms with Crippen LogP contribution in [0.3, 0.4) is 0 Å². The molecule has 1 aliphatic rings. The molecule has 1 fully saturated rings. The summed E-state index contributed by atoms with van der Waals surface area (Å²) in [7, 11) is 0. The van der Waals surface area contributed by atoms with E-state index < -0.39 is 74.2 Å². The van der Waals surface area contributed by atoms with Crippen LogP contribution in [0.2, 0.25) is 0 Å². The van der Waals surface area contributed by atoms with Gasteiger partial charge in [0.15, 0.2) is 6.29 Å². The van der Waals surface area contributed by atoms with Crippen LogP contribution in [0.15, 0.2) is 24.3 Å². The SMILES string of the molecule is CCCCCCCCCCCCCCCCCCCCCCC/C=C/CC/C=C/CCCC(O)C(O)C(COC1OC(CO)C(O)C(O)C1O)NC(=O)C(O)CCCCCCCCCC. The predicted octanol–water partition coefficient (Wildman–Crippen LogP) is 10.6. The third-order valence-electron chi connectivity index (χ3n) is 13.2. The highest BCUT2D eigenvalue weighted by Crippen LogP contribution is 2.23. The van der Waals surface area contributed by atoms with Gasteiger partial charge in [-0.25, -0.2) is 0 Å². The number of hydrogen-bond acceptors (Lipinski definition) is 10. The lowest BCUT2D eigenvalue weighted by Crippen LogP contribution is -2.60. The van der Waals surface area contributed by atoms with Gasteiger partial charge in [-0.2, -0.15) is 0 Å². The van der Waals surface area contributed by atoms with E-state index in [1.54, 1.807) is 0 Å². The molecule has 1 saturated heterocycles. The Morgan fingerprint density at radius 3 is 1.37 bits per heavy atom. The number of aliphatic hydroxyl groups is 7. The van der Waals surface area contributed by atoms with Crippen LogP contribution < -0.4 is 5.32 Å². The number of aliphatic hydroxyl groups excluding tert-OH is 7. The highest BCUT2D eigenvalue weighted by Gasteiger charge is 2.44. The highest BCUT2D eigenvalue weighted by atomic mass is 16.7. The van der Waals surface area contributed by atoms with Crippen LogP contribution in [0, 0.1) is 0 Å². The van der Waals surface area contributed by atoms with Gasteiger partial charge < -0.3 is 50.5 Å². The summed E-state index contributed by atoms with van der Waals surface area (Å²) < 4.78 is 11.1. The van der Waals surface area contributed by atoms with Gasteiger partial charge >= 0.3 is 0 Å². The van der Waals surface area contributed by atoms with Crippen molar-refractivity contribution in [2.24, 2.45) is 0 Å². The van der Waals surface area contributed by atoms with Crippen molar-refractivity contribution in [3.05, 3.63) is 24.3 Å². The van der Waals surface area contributed by atoms with E-state index in [1.165, 1.54) is 161 Å². The molecule has 1 aliphatic heterocycles. The smallest absolute Gasteiger partial charge is 0.249 e. The number of amides is 1. The quantitative estimate of drug-likeness (QED) is 0.0216. The highest BCUT2D eigenvalue weighted by molar-refractivity contribution is 5.80. The molecule has 384 valence electrons. The zero-order chi connectivity index (χ0) is 47.6. The van der Waals surface area contributed by atoms with E-state index in [9.17, 15) is 40.5 Å². The molecule has 0 spiro atoms. The molecule has 0 aromatic rings. The second-order valence-electron chi connectivity index (χ2n) is 19.3. The Bertz CT molecular complexity index is 1110. The summed E-state index contributed by atoms with van der Waals surface area (Å²) in [5.74, 6) is -0.713. The molecule has 0 aromatic heterocycles. The molecule has 9 atom stereocenters. The summed E-state index contributed by atoms with van der Waals surface area (Å²) in [4.78, 5) is 13.0. The van der Waals surface area contributed by atoms with Crippen molar-refractivity contribution in [2.45, 2.75) is 300 Å². The molecule has 11 nitrogen and oxygen atoms in total. The molecular formula is C54H103NO10. The molecule has 65 heavy (non-hydrogen) atoms. The Labute approximate surface area is 397 Å². The normalized spacial score (nSPS) is 21.0. The van der Waals surface area contributed by atoms with E-state index in [2.05, 4.69) is 43.5 Å². The van der Waals surface area contributed by atoms with Crippen molar-refractivity contribution in [1.29, 1.82) is 0 Å². The van der Waals surface area contributed by atoms with E-state index >= 15 is 0 Å². The summed E-state index contributed by atoms with van der Waals surface area (Å²) in [6.07, 6.45) is 40.0. The van der Waals surface area contributed by atoms with Crippen LogP contribution >= 0.6 is 0 Å². The first-order valence-electron chi connectivity index (χ1n) is 27.2. The minimum Gasteiger partial charge on any atom is -0.394 e. The van der Waals surface area contributed by atoms with Crippen LogP contribution in [0.25, 0.3) is 0 Å². The first-order valence-corrected chi connectivity index (χ1v) is 27.2. The van der Waals surface area contributed by atoms with Gasteiger partial charge in [0.05, 0.1) is 25.4 Å². The van der Waals surface area contributed by atoms with E-state index in [0.29, 0.717) is 19.3 Å². The van der Waals surface area contributed by atoms with Crippen molar-refractivity contribution in [3.63, 3.8) is 0 Å². The Hall–Kier alpha value is -1.41. The summed E-state index contributed by atoms with van der Waals surface area (Å²) in [5, 5.41) is 75.6. The number of ether oxygens (including phenoxy) is 2. The van der Waals surface area contributed by atoms with Gasteiger partial charge in [0.2, 0.25) is 5.91 Å². The van der Waals surface area contributed by atoms with Crippen molar-refractivity contribution >= 4 is 5.91 Å². The van der Waals surface area contributed by atoms with Crippen molar-refractivity contribution in [1.82, 2.24) is 5.32 Å². The molecule has 0 aromatic carbocycles. The molecule has 8 N–H and O–H groups in total. The third kappa shape index (κ3) is 32.9. The van der Waals surface area contributed by atoms with E-state index in [0.717, 1.165) is 38.5 Å². The summed E-state index contributed by atoms with van der Waals surface area (Å²) in [6, 6.07) is -1.19. The Balaban J connectivity index is 2.24. The maximum atomic E-state index is 13.0. The molecule has 1 heterocycles. The fourth-order valence-electron chi connectivity index (χ4n) is 8.75. The molecule has 0 saturated carbocycles. The monoisotopic (exact) mass is 926 g/mol. The van der Waals surface area contributed by atoms with Crippen molar-refractivity contribution in [2.75, 3.05) is 13.2 Å². The average Bonchev–Trinajstić information content (AvgIpc) is 3.31. The number of nitrogens with one attached hydrogen (secondary N) is 1. The van der Waals surface area contributed by atoms with Gasteiger partial charge in [-0.15, -0.1) is 0 Å². The van der Waals surface area contributed by atoms with Crippen molar-refractivity contribution in [3.8, 4) is 0 Å². The number of rotatable bonds is 46. The Morgan fingerprint density at radius 1 is 0.523 bits per heavy atom. The fraction of sp³-hybridized carbons (Fsp3) is 0.907. The molecule has 9 unspecified atom stereocenters. The van der Waals surface area contributed by atoms with E-state index in [1.807, 2.05) is 0 Å². The number of carbonyl (C=O) groups is 1. The van der Waals surface area contributed by atoms with Gasteiger partial charge in [-0.1, -0.05) is 218 Å². The minimum atomic E-state index is -1.67. The van der Waals surface area contributed by atoms with Crippen LogP contribution in [0.5, 0.6) is 0 Å². The molecule has 0 radical (unpaired) electrons. The third-order valence-corrected chi connectivity index (χ3v) is 13.2. The van der Waals surface area contributed by atoms with Gasteiger partial charge in [0, 0.05) is 0 Å². The van der Waals surface area contributed by atoms with Crippen LogP contribution in [-0.2, 0) is 14.3 Å².